The highest BCUT2D eigenvalue weighted by Crippen LogP contribution is 2.19. The monoisotopic (exact) mass is 266 g/mol. The molecule has 0 saturated heterocycles. The number of aliphatic hydroxyl groups excluding tert-OH is 1. The zero-order valence-electron chi connectivity index (χ0n) is 8.10. The number of hydrogen-bond donors (Lipinski definition) is 1. The molecule has 1 aromatic heterocycles. The quantitative estimate of drug-likeness (QED) is 0.926. The fraction of sp³-hybridized carbons (Fsp3) is 0.182. The van der Waals surface area contributed by atoms with Crippen molar-refractivity contribution in [3.8, 4) is 11.3 Å². The number of halogens is 1. The fourth-order valence-corrected chi connectivity index (χ4v) is 1.63. The second kappa shape index (κ2) is 4.59. The molecule has 1 N–H and O–H groups in total. The Morgan fingerprint density at radius 2 is 2.00 bits per heavy atom. The lowest BCUT2D eigenvalue weighted by molar-refractivity contribution is 0.276. The molecule has 0 aliphatic carbocycles. The van der Waals surface area contributed by atoms with Crippen LogP contribution in [-0.4, -0.2) is 21.3 Å². The smallest absolute Gasteiger partial charge is 0.0954 e. The third-order valence-electron chi connectivity index (χ3n) is 2.13. The molecular weight excluding hydrogens is 256 g/mol. The van der Waals surface area contributed by atoms with E-state index in [2.05, 4.69) is 20.9 Å². The van der Waals surface area contributed by atoms with Crippen molar-refractivity contribution in [1.82, 2.24) is 9.55 Å². The summed E-state index contributed by atoms with van der Waals surface area (Å²) in [6.45, 7) is 0.722. The summed E-state index contributed by atoms with van der Waals surface area (Å²) in [6, 6.07) is 7.99. The van der Waals surface area contributed by atoms with Gasteiger partial charge in [-0.1, -0.05) is 28.1 Å². The molecule has 0 atom stereocenters. The van der Waals surface area contributed by atoms with Crippen molar-refractivity contribution >= 4 is 15.9 Å². The third-order valence-corrected chi connectivity index (χ3v) is 2.66. The maximum absolute atomic E-state index is 8.78. The van der Waals surface area contributed by atoms with Gasteiger partial charge in [0.2, 0.25) is 0 Å². The summed E-state index contributed by atoms with van der Waals surface area (Å²) in [4.78, 5) is 4.27. The van der Waals surface area contributed by atoms with Gasteiger partial charge in [-0.05, 0) is 12.1 Å². The van der Waals surface area contributed by atoms with E-state index in [-0.39, 0.29) is 6.61 Å². The largest absolute Gasteiger partial charge is 0.395 e. The molecule has 0 radical (unpaired) electrons. The van der Waals surface area contributed by atoms with Crippen molar-refractivity contribution in [3.05, 3.63) is 41.3 Å². The van der Waals surface area contributed by atoms with Crippen LogP contribution in [-0.2, 0) is 6.54 Å². The van der Waals surface area contributed by atoms with E-state index in [0.717, 1.165) is 15.7 Å². The molecule has 2 aromatic rings. The highest BCUT2D eigenvalue weighted by Gasteiger charge is 2.01. The Morgan fingerprint density at radius 1 is 1.27 bits per heavy atom. The predicted octanol–water partition coefficient (Wildman–Crippen LogP) is 2.30. The normalized spacial score (nSPS) is 10.5. The first-order chi connectivity index (χ1) is 7.29. The predicted molar refractivity (Wildman–Crippen MR) is 62.4 cm³/mol. The first kappa shape index (κ1) is 10.4. The lowest BCUT2D eigenvalue weighted by Crippen LogP contribution is -1.97. The van der Waals surface area contributed by atoms with Gasteiger partial charge in [0.25, 0.3) is 0 Å². The van der Waals surface area contributed by atoms with Crippen LogP contribution in [0, 0.1) is 0 Å². The number of benzene rings is 1. The standard InChI is InChI=1S/C11H11BrN2O/c12-10-3-1-9(2-4-10)11-7-14(5-6-15)8-13-11/h1-4,7-8,15H,5-6H2. The minimum atomic E-state index is 0.135. The number of aromatic nitrogens is 2. The van der Waals surface area contributed by atoms with Crippen LogP contribution in [0.3, 0.4) is 0 Å². The zero-order valence-corrected chi connectivity index (χ0v) is 9.68. The van der Waals surface area contributed by atoms with Crippen LogP contribution in [0.2, 0.25) is 0 Å². The van der Waals surface area contributed by atoms with E-state index >= 15 is 0 Å². The number of nitrogens with zero attached hydrogens (tertiary/aromatic N) is 2. The molecule has 0 saturated carbocycles. The first-order valence-corrected chi connectivity index (χ1v) is 5.47. The fourth-order valence-electron chi connectivity index (χ4n) is 1.37. The second-order valence-corrected chi connectivity index (χ2v) is 4.14. The Balaban J connectivity index is 2.25. The maximum atomic E-state index is 8.78. The highest BCUT2D eigenvalue weighted by atomic mass is 79.9. The summed E-state index contributed by atoms with van der Waals surface area (Å²) < 4.78 is 2.93. The maximum Gasteiger partial charge on any atom is 0.0954 e. The van der Waals surface area contributed by atoms with Crippen LogP contribution in [0.25, 0.3) is 11.3 Å². The van der Waals surface area contributed by atoms with E-state index in [1.807, 2.05) is 35.0 Å². The topological polar surface area (TPSA) is 38.0 Å². The molecule has 0 aliphatic heterocycles. The molecule has 3 nitrogen and oxygen atoms in total. The molecule has 1 heterocycles. The van der Waals surface area contributed by atoms with E-state index in [4.69, 9.17) is 5.11 Å². The zero-order chi connectivity index (χ0) is 10.7. The van der Waals surface area contributed by atoms with Gasteiger partial charge in [-0.25, -0.2) is 4.98 Å². The van der Waals surface area contributed by atoms with Crippen molar-refractivity contribution in [3.63, 3.8) is 0 Å². The van der Waals surface area contributed by atoms with Gasteiger partial charge in [0, 0.05) is 22.8 Å². The average molecular weight is 267 g/mol. The van der Waals surface area contributed by atoms with Gasteiger partial charge < -0.3 is 9.67 Å². The van der Waals surface area contributed by atoms with Crippen LogP contribution < -0.4 is 0 Å². The van der Waals surface area contributed by atoms with Crippen molar-refractivity contribution in [1.29, 1.82) is 0 Å². The summed E-state index contributed by atoms with van der Waals surface area (Å²) in [5.41, 5.74) is 2.01. The van der Waals surface area contributed by atoms with Gasteiger partial charge in [0.1, 0.15) is 0 Å². The van der Waals surface area contributed by atoms with Crippen molar-refractivity contribution in [2.75, 3.05) is 6.61 Å². The summed E-state index contributed by atoms with van der Waals surface area (Å²) >= 11 is 3.39. The lowest BCUT2D eigenvalue weighted by atomic mass is 10.2. The van der Waals surface area contributed by atoms with E-state index in [1.165, 1.54) is 0 Å². The van der Waals surface area contributed by atoms with Crippen LogP contribution in [0.1, 0.15) is 0 Å². The SMILES string of the molecule is OCCn1cnc(-c2ccc(Br)cc2)c1. The van der Waals surface area contributed by atoms with Crippen LogP contribution in [0.5, 0.6) is 0 Å². The number of rotatable bonds is 3. The Labute approximate surface area is 96.5 Å². The summed E-state index contributed by atoms with van der Waals surface area (Å²) in [7, 11) is 0. The molecule has 4 heteroatoms. The average Bonchev–Trinajstić information content (AvgIpc) is 2.68. The molecule has 1 aromatic carbocycles. The molecular formula is C11H11BrN2O. The molecule has 0 amide bonds. The Morgan fingerprint density at radius 3 is 2.67 bits per heavy atom. The van der Waals surface area contributed by atoms with E-state index in [9.17, 15) is 0 Å². The summed E-state index contributed by atoms with van der Waals surface area (Å²) in [5.74, 6) is 0. The van der Waals surface area contributed by atoms with Gasteiger partial charge in [0.05, 0.1) is 18.6 Å². The Hall–Kier alpha value is -1.13. The molecule has 0 unspecified atom stereocenters. The van der Waals surface area contributed by atoms with E-state index < -0.39 is 0 Å². The third kappa shape index (κ3) is 2.46. The lowest BCUT2D eigenvalue weighted by Gasteiger charge is -1.97. The second-order valence-electron chi connectivity index (χ2n) is 3.23. The van der Waals surface area contributed by atoms with Gasteiger partial charge >= 0.3 is 0 Å². The number of aliphatic hydroxyl groups is 1. The van der Waals surface area contributed by atoms with E-state index in [1.54, 1.807) is 6.33 Å². The van der Waals surface area contributed by atoms with Gasteiger partial charge in [0.15, 0.2) is 0 Å². The van der Waals surface area contributed by atoms with E-state index in [0.29, 0.717) is 6.54 Å². The molecule has 0 aliphatic rings. The molecule has 0 spiro atoms. The van der Waals surface area contributed by atoms with Gasteiger partial charge in [-0.15, -0.1) is 0 Å². The number of imidazole rings is 1. The van der Waals surface area contributed by atoms with Crippen molar-refractivity contribution in [2.24, 2.45) is 0 Å². The van der Waals surface area contributed by atoms with Crippen molar-refractivity contribution < 1.29 is 5.11 Å². The summed E-state index contributed by atoms with van der Waals surface area (Å²) in [6.07, 6.45) is 3.66. The highest BCUT2D eigenvalue weighted by molar-refractivity contribution is 9.10. The Kier molecular flexibility index (Phi) is 3.18. The van der Waals surface area contributed by atoms with Crippen LogP contribution in [0.4, 0.5) is 0 Å². The number of hydrogen-bond acceptors (Lipinski definition) is 2. The van der Waals surface area contributed by atoms with Gasteiger partial charge in [-0.3, -0.25) is 0 Å². The molecule has 15 heavy (non-hydrogen) atoms. The molecule has 78 valence electrons. The summed E-state index contributed by atoms with van der Waals surface area (Å²) in [5, 5.41) is 8.78. The minimum absolute atomic E-state index is 0.135. The minimum Gasteiger partial charge on any atom is -0.395 e. The van der Waals surface area contributed by atoms with Crippen molar-refractivity contribution in [2.45, 2.75) is 6.54 Å². The molecule has 0 fully saturated rings. The molecule has 0 bridgehead atoms. The molecule has 2 rings (SSSR count). The van der Waals surface area contributed by atoms with Crippen LogP contribution >= 0.6 is 15.9 Å². The van der Waals surface area contributed by atoms with Gasteiger partial charge in [-0.2, -0.15) is 0 Å². The van der Waals surface area contributed by atoms with Crippen LogP contribution in [0.15, 0.2) is 41.3 Å². The Bertz CT molecular complexity index is 436. The first-order valence-electron chi connectivity index (χ1n) is 4.68.